The topological polar surface area (TPSA) is 3.24 Å². The Labute approximate surface area is 429 Å². The van der Waals surface area contributed by atoms with Crippen molar-refractivity contribution in [3.63, 3.8) is 0 Å². The maximum absolute atomic E-state index is 2.60. The molecule has 0 amide bonds. The minimum absolute atomic E-state index is 0.0333. The second kappa shape index (κ2) is 17.0. The minimum Gasteiger partial charge on any atom is -0.310 e. The van der Waals surface area contributed by atoms with E-state index in [1.165, 1.54) is 108 Å². The quantitative estimate of drug-likeness (QED) is 0.147. The van der Waals surface area contributed by atoms with E-state index in [1.807, 2.05) is 0 Å². The van der Waals surface area contributed by atoms with E-state index in [9.17, 15) is 0 Å². The van der Waals surface area contributed by atoms with Gasteiger partial charge in [-0.2, -0.15) is 0 Å². The van der Waals surface area contributed by atoms with Crippen molar-refractivity contribution in [2.75, 3.05) is 4.90 Å². The molecule has 0 radical (unpaired) electrons. The van der Waals surface area contributed by atoms with Gasteiger partial charge >= 0.3 is 0 Å². The Morgan fingerprint density at radius 2 is 0.708 bits per heavy atom. The average Bonchev–Trinajstić information content (AvgIpc) is 3.70. The number of anilines is 3. The third-order valence-corrected chi connectivity index (χ3v) is 17.5. The SMILES string of the molecule is CC1(C)CCC(C)(C)c2c(-c3ccc(N(c4ccc(-c5ccccc5)cc4)c4cc5c(cc4-c4cccc6c4C(C)(C)CCC6(C)C)-c4ccccc4C5(c4ccccc4)c4ccccc4)cc3)cccc21. The molecule has 9 aromatic rings. The van der Waals surface area contributed by atoms with E-state index in [2.05, 4.69) is 273 Å². The number of fused-ring (bicyclic) bond motifs is 5. The lowest BCUT2D eigenvalue weighted by Gasteiger charge is -2.43. The molecular weight excluding hydrogens is 867 g/mol. The van der Waals surface area contributed by atoms with Crippen LogP contribution in [-0.4, -0.2) is 0 Å². The Morgan fingerprint density at radius 1 is 0.292 bits per heavy atom. The zero-order valence-corrected chi connectivity index (χ0v) is 43.5. The average molecular weight is 934 g/mol. The summed E-state index contributed by atoms with van der Waals surface area (Å²) in [6, 6.07) is 80.8. The van der Waals surface area contributed by atoms with Gasteiger partial charge in [-0.05, 0) is 167 Å². The summed E-state index contributed by atoms with van der Waals surface area (Å²) in [5.41, 5.74) is 24.3. The van der Waals surface area contributed by atoms with Gasteiger partial charge in [0, 0.05) is 16.9 Å². The maximum atomic E-state index is 2.60. The van der Waals surface area contributed by atoms with Gasteiger partial charge in [-0.15, -0.1) is 0 Å². The summed E-state index contributed by atoms with van der Waals surface area (Å²) < 4.78 is 0. The summed E-state index contributed by atoms with van der Waals surface area (Å²) in [5, 5.41) is 0. The summed E-state index contributed by atoms with van der Waals surface area (Å²) in [5.74, 6) is 0. The van der Waals surface area contributed by atoms with E-state index >= 15 is 0 Å². The lowest BCUT2D eigenvalue weighted by Crippen LogP contribution is -2.34. The smallest absolute Gasteiger partial charge is 0.0714 e. The van der Waals surface area contributed by atoms with Gasteiger partial charge in [-0.25, -0.2) is 0 Å². The van der Waals surface area contributed by atoms with Gasteiger partial charge in [0.2, 0.25) is 0 Å². The van der Waals surface area contributed by atoms with Crippen molar-refractivity contribution in [3.8, 4) is 44.5 Å². The Bertz CT molecular complexity index is 3440. The van der Waals surface area contributed by atoms with E-state index < -0.39 is 5.41 Å². The molecule has 356 valence electrons. The summed E-state index contributed by atoms with van der Waals surface area (Å²) in [6.45, 7) is 19.6. The van der Waals surface area contributed by atoms with Crippen molar-refractivity contribution in [2.24, 2.45) is 0 Å². The molecule has 9 aromatic carbocycles. The molecule has 1 nitrogen and oxygen atoms in total. The van der Waals surface area contributed by atoms with Crippen LogP contribution in [0.25, 0.3) is 44.5 Å². The molecule has 1 heteroatoms. The second-order valence-corrected chi connectivity index (χ2v) is 23.7. The molecule has 0 saturated carbocycles. The molecular formula is C71H67N. The summed E-state index contributed by atoms with van der Waals surface area (Å²) >= 11 is 0. The van der Waals surface area contributed by atoms with Crippen molar-refractivity contribution in [2.45, 2.75) is 108 Å². The molecule has 0 aliphatic heterocycles. The highest BCUT2D eigenvalue weighted by Gasteiger charge is 2.48. The monoisotopic (exact) mass is 934 g/mol. The van der Waals surface area contributed by atoms with Gasteiger partial charge in [0.05, 0.1) is 11.1 Å². The summed E-state index contributed by atoms with van der Waals surface area (Å²) in [4.78, 5) is 2.58. The van der Waals surface area contributed by atoms with Crippen LogP contribution < -0.4 is 4.90 Å². The summed E-state index contributed by atoms with van der Waals surface area (Å²) in [7, 11) is 0. The van der Waals surface area contributed by atoms with Gasteiger partial charge in [0.25, 0.3) is 0 Å². The van der Waals surface area contributed by atoms with E-state index in [0.717, 1.165) is 24.2 Å². The summed E-state index contributed by atoms with van der Waals surface area (Å²) in [6.07, 6.45) is 4.64. The van der Waals surface area contributed by atoms with Crippen LogP contribution in [0.4, 0.5) is 17.1 Å². The van der Waals surface area contributed by atoms with Crippen LogP contribution in [0, 0.1) is 0 Å². The fraction of sp³-hybridized carbons (Fsp3) is 0.239. The molecule has 0 atom stereocenters. The third kappa shape index (κ3) is 7.25. The maximum Gasteiger partial charge on any atom is 0.0714 e. The van der Waals surface area contributed by atoms with Crippen LogP contribution in [0.2, 0.25) is 0 Å². The first-order valence-electron chi connectivity index (χ1n) is 26.4. The highest BCUT2D eigenvalue weighted by Crippen LogP contribution is 2.60. The molecule has 0 heterocycles. The van der Waals surface area contributed by atoms with Gasteiger partial charge in [0.1, 0.15) is 0 Å². The lowest BCUT2D eigenvalue weighted by atomic mass is 9.61. The molecule has 72 heavy (non-hydrogen) atoms. The predicted molar refractivity (Wildman–Crippen MR) is 305 cm³/mol. The van der Waals surface area contributed by atoms with Crippen molar-refractivity contribution in [3.05, 3.63) is 257 Å². The van der Waals surface area contributed by atoms with Crippen LogP contribution in [0.15, 0.2) is 212 Å². The van der Waals surface area contributed by atoms with Crippen LogP contribution in [0.1, 0.15) is 126 Å². The number of nitrogens with zero attached hydrogens (tertiary/aromatic N) is 1. The Kier molecular flexibility index (Phi) is 10.8. The van der Waals surface area contributed by atoms with Crippen LogP contribution >= 0.6 is 0 Å². The predicted octanol–water partition coefficient (Wildman–Crippen LogP) is 19.2. The first-order chi connectivity index (χ1) is 34.7. The fourth-order valence-corrected chi connectivity index (χ4v) is 13.5. The molecule has 0 saturated heterocycles. The highest BCUT2D eigenvalue weighted by atomic mass is 15.1. The molecule has 0 aromatic heterocycles. The molecule has 12 rings (SSSR count). The van der Waals surface area contributed by atoms with Gasteiger partial charge in [0.15, 0.2) is 0 Å². The van der Waals surface area contributed by atoms with Gasteiger partial charge < -0.3 is 4.90 Å². The fourth-order valence-electron chi connectivity index (χ4n) is 13.5. The van der Waals surface area contributed by atoms with Crippen molar-refractivity contribution < 1.29 is 0 Å². The molecule has 3 aliphatic carbocycles. The molecule has 0 N–H and O–H groups in total. The van der Waals surface area contributed by atoms with E-state index in [4.69, 9.17) is 0 Å². The number of hydrogen-bond acceptors (Lipinski definition) is 1. The molecule has 3 aliphatic rings. The first-order valence-corrected chi connectivity index (χ1v) is 26.4. The largest absolute Gasteiger partial charge is 0.310 e. The molecule has 0 unspecified atom stereocenters. The first kappa shape index (κ1) is 45.9. The van der Waals surface area contributed by atoms with Gasteiger partial charge in [-0.3, -0.25) is 0 Å². The number of hydrogen-bond donors (Lipinski definition) is 0. The van der Waals surface area contributed by atoms with Crippen LogP contribution in [0.5, 0.6) is 0 Å². The number of benzene rings is 9. The van der Waals surface area contributed by atoms with E-state index in [1.54, 1.807) is 0 Å². The Morgan fingerprint density at radius 3 is 1.26 bits per heavy atom. The zero-order chi connectivity index (χ0) is 49.6. The molecule has 0 spiro atoms. The molecule has 0 fully saturated rings. The second-order valence-electron chi connectivity index (χ2n) is 23.7. The normalized spacial score (nSPS) is 17.2. The van der Waals surface area contributed by atoms with Crippen molar-refractivity contribution >= 4 is 17.1 Å². The standard InChI is InChI=1S/C71H67N/c1-67(2)42-44-69(5,6)65-55(29-20-32-61(65)67)50-36-40-54(41-37-50)72(53-38-34-49(35-39-53)48-22-12-9-13-23-48)64-47-63-58(46-59(64)57-30-21-33-62-66(57)70(7,8)45-43-68(62,3)4)56-28-18-19-31-60(56)71(63,51-24-14-10-15-25-51)52-26-16-11-17-27-52/h9-41,46-47H,42-45H2,1-8H3. The molecule has 0 bridgehead atoms. The third-order valence-electron chi connectivity index (χ3n) is 17.5. The van der Waals surface area contributed by atoms with Crippen molar-refractivity contribution in [1.82, 2.24) is 0 Å². The Hall–Kier alpha value is -7.22. The van der Waals surface area contributed by atoms with Crippen LogP contribution in [0.3, 0.4) is 0 Å². The Balaban J connectivity index is 1.17. The number of rotatable bonds is 8. The van der Waals surface area contributed by atoms with Crippen molar-refractivity contribution in [1.29, 1.82) is 0 Å². The van der Waals surface area contributed by atoms with Crippen LogP contribution in [-0.2, 0) is 27.1 Å². The minimum atomic E-state index is -0.571. The van der Waals surface area contributed by atoms with E-state index in [0.29, 0.717) is 0 Å². The van der Waals surface area contributed by atoms with E-state index in [-0.39, 0.29) is 21.7 Å². The zero-order valence-electron chi connectivity index (χ0n) is 43.5. The highest BCUT2D eigenvalue weighted by molar-refractivity contribution is 5.98. The lowest BCUT2D eigenvalue weighted by molar-refractivity contribution is 0.333. The van der Waals surface area contributed by atoms with Gasteiger partial charge in [-0.1, -0.05) is 231 Å².